The van der Waals surface area contributed by atoms with Crippen LogP contribution in [0.2, 0.25) is 0 Å². The first-order valence-electron chi connectivity index (χ1n) is 6.13. The largest absolute Gasteiger partial charge is 0.573 e. The second-order valence-electron chi connectivity index (χ2n) is 4.94. The third-order valence-electron chi connectivity index (χ3n) is 3.45. The molecule has 6 heteroatoms. The van der Waals surface area contributed by atoms with Gasteiger partial charge in [0.2, 0.25) is 0 Å². The van der Waals surface area contributed by atoms with Crippen molar-refractivity contribution in [2.24, 2.45) is 11.7 Å². The number of ether oxygens (including phenoxy) is 1. The van der Waals surface area contributed by atoms with Crippen LogP contribution in [0, 0.1) is 5.92 Å². The van der Waals surface area contributed by atoms with Crippen LogP contribution in [0.1, 0.15) is 11.5 Å². The van der Waals surface area contributed by atoms with Gasteiger partial charge in [-0.25, -0.2) is 0 Å². The standard InChI is InChI=1S/C13H17F3N2O/c1-18-7-10(6-17)12(8-18)9-3-2-4-11(5-9)19-13(14,15)16/h2-5,10,12H,6-8,17H2,1H3/t10-,12+/m0/s1. The Morgan fingerprint density at radius 2 is 2.11 bits per heavy atom. The van der Waals surface area contributed by atoms with Gasteiger partial charge in [0.15, 0.2) is 0 Å². The molecule has 1 heterocycles. The van der Waals surface area contributed by atoms with Crippen molar-refractivity contribution in [3.8, 4) is 5.75 Å². The molecule has 1 fully saturated rings. The van der Waals surface area contributed by atoms with Crippen molar-refractivity contribution in [2.45, 2.75) is 12.3 Å². The molecule has 1 saturated heterocycles. The van der Waals surface area contributed by atoms with Gasteiger partial charge in [-0.3, -0.25) is 0 Å². The normalized spacial score (nSPS) is 24.7. The molecule has 0 spiro atoms. The molecule has 0 radical (unpaired) electrons. The van der Waals surface area contributed by atoms with Crippen LogP contribution in [0.3, 0.4) is 0 Å². The van der Waals surface area contributed by atoms with Gasteiger partial charge >= 0.3 is 6.36 Å². The molecule has 2 atom stereocenters. The minimum atomic E-state index is -4.65. The number of likely N-dealkylation sites (N-methyl/N-ethyl adjacent to an activating group) is 1. The zero-order valence-electron chi connectivity index (χ0n) is 10.7. The minimum absolute atomic E-state index is 0.159. The van der Waals surface area contributed by atoms with Crippen molar-refractivity contribution >= 4 is 0 Å². The maximum absolute atomic E-state index is 12.2. The highest BCUT2D eigenvalue weighted by Gasteiger charge is 2.33. The molecule has 0 unspecified atom stereocenters. The van der Waals surface area contributed by atoms with Crippen LogP contribution in [-0.4, -0.2) is 37.9 Å². The van der Waals surface area contributed by atoms with Gasteiger partial charge in [0, 0.05) is 19.0 Å². The van der Waals surface area contributed by atoms with E-state index in [4.69, 9.17) is 5.73 Å². The fourth-order valence-electron chi connectivity index (χ4n) is 2.65. The summed E-state index contributed by atoms with van der Waals surface area (Å²) in [7, 11) is 1.98. The fraction of sp³-hybridized carbons (Fsp3) is 0.538. The van der Waals surface area contributed by atoms with Crippen molar-refractivity contribution in [3.05, 3.63) is 29.8 Å². The predicted molar refractivity (Wildman–Crippen MR) is 65.9 cm³/mol. The smallest absolute Gasteiger partial charge is 0.406 e. The zero-order chi connectivity index (χ0) is 14.0. The van der Waals surface area contributed by atoms with Crippen molar-refractivity contribution in [1.82, 2.24) is 4.90 Å². The van der Waals surface area contributed by atoms with E-state index in [1.54, 1.807) is 6.07 Å². The number of nitrogens with two attached hydrogens (primary N) is 1. The van der Waals surface area contributed by atoms with Gasteiger partial charge in [0.25, 0.3) is 0 Å². The second kappa shape index (κ2) is 5.38. The fourth-order valence-corrected chi connectivity index (χ4v) is 2.65. The number of halogens is 3. The molecular formula is C13H17F3N2O. The molecule has 1 aliphatic rings. The van der Waals surface area contributed by atoms with Crippen LogP contribution in [-0.2, 0) is 0 Å². The molecule has 0 aliphatic carbocycles. The predicted octanol–water partition coefficient (Wildman–Crippen LogP) is 2.19. The summed E-state index contributed by atoms with van der Waals surface area (Å²) in [6.07, 6.45) is -4.65. The number of likely N-dealkylation sites (tertiary alicyclic amines) is 1. The Morgan fingerprint density at radius 1 is 1.37 bits per heavy atom. The number of hydrogen-bond acceptors (Lipinski definition) is 3. The van der Waals surface area contributed by atoms with Gasteiger partial charge in [-0.1, -0.05) is 12.1 Å². The van der Waals surface area contributed by atoms with E-state index >= 15 is 0 Å². The highest BCUT2D eigenvalue weighted by molar-refractivity contribution is 5.32. The van der Waals surface area contributed by atoms with Gasteiger partial charge < -0.3 is 15.4 Å². The summed E-state index contributed by atoms with van der Waals surface area (Å²) in [5, 5.41) is 0. The lowest BCUT2D eigenvalue weighted by molar-refractivity contribution is -0.274. The summed E-state index contributed by atoms with van der Waals surface area (Å²) >= 11 is 0. The van der Waals surface area contributed by atoms with Gasteiger partial charge in [0.05, 0.1) is 0 Å². The topological polar surface area (TPSA) is 38.5 Å². The van der Waals surface area contributed by atoms with E-state index in [1.165, 1.54) is 12.1 Å². The SMILES string of the molecule is CN1C[C@H](CN)[C@@H](c2cccc(OC(F)(F)F)c2)C1. The molecule has 1 aromatic carbocycles. The number of alkyl halides is 3. The van der Waals surface area contributed by atoms with Gasteiger partial charge in [-0.15, -0.1) is 13.2 Å². The number of hydrogen-bond donors (Lipinski definition) is 1. The number of benzene rings is 1. The molecule has 1 aliphatic heterocycles. The Kier molecular flexibility index (Phi) is 4.01. The van der Waals surface area contributed by atoms with E-state index in [0.29, 0.717) is 6.54 Å². The summed E-state index contributed by atoms with van der Waals surface area (Å²) in [6.45, 7) is 2.20. The van der Waals surface area contributed by atoms with E-state index < -0.39 is 6.36 Å². The maximum Gasteiger partial charge on any atom is 0.573 e. The summed E-state index contributed by atoms with van der Waals surface area (Å²) in [5.74, 6) is 0.258. The Labute approximate surface area is 110 Å². The minimum Gasteiger partial charge on any atom is -0.406 e. The average molecular weight is 274 g/mol. The van der Waals surface area contributed by atoms with Crippen molar-refractivity contribution in [1.29, 1.82) is 0 Å². The summed E-state index contributed by atoms with van der Waals surface area (Å²) in [4.78, 5) is 2.14. The first kappa shape index (κ1) is 14.1. The molecule has 0 amide bonds. The Hall–Kier alpha value is -1.27. The van der Waals surface area contributed by atoms with E-state index in [9.17, 15) is 13.2 Å². The van der Waals surface area contributed by atoms with E-state index in [1.807, 2.05) is 13.1 Å². The number of nitrogens with zero attached hydrogens (tertiary/aromatic N) is 1. The van der Waals surface area contributed by atoms with Crippen molar-refractivity contribution in [2.75, 3.05) is 26.7 Å². The molecule has 1 aromatic rings. The molecule has 19 heavy (non-hydrogen) atoms. The van der Waals surface area contributed by atoms with Crippen LogP contribution in [0.25, 0.3) is 0 Å². The van der Waals surface area contributed by atoms with Crippen molar-refractivity contribution in [3.63, 3.8) is 0 Å². The van der Waals surface area contributed by atoms with Crippen LogP contribution in [0.4, 0.5) is 13.2 Å². The first-order valence-corrected chi connectivity index (χ1v) is 6.13. The van der Waals surface area contributed by atoms with Crippen molar-refractivity contribution < 1.29 is 17.9 Å². The molecular weight excluding hydrogens is 257 g/mol. The third-order valence-corrected chi connectivity index (χ3v) is 3.45. The monoisotopic (exact) mass is 274 g/mol. The lowest BCUT2D eigenvalue weighted by atomic mass is 9.89. The van der Waals surface area contributed by atoms with Gasteiger partial charge in [0.1, 0.15) is 5.75 Å². The average Bonchev–Trinajstić information content (AvgIpc) is 2.68. The Balaban J connectivity index is 2.18. The summed E-state index contributed by atoms with van der Waals surface area (Å²) in [5.41, 5.74) is 6.57. The van der Waals surface area contributed by atoms with Crippen LogP contribution in [0.15, 0.2) is 24.3 Å². The second-order valence-corrected chi connectivity index (χ2v) is 4.94. The maximum atomic E-state index is 12.2. The quantitative estimate of drug-likeness (QED) is 0.918. The third kappa shape index (κ3) is 3.61. The summed E-state index contributed by atoms with van der Waals surface area (Å²) < 4.78 is 40.6. The molecule has 0 saturated carbocycles. The molecule has 3 nitrogen and oxygen atoms in total. The summed E-state index contributed by atoms with van der Waals surface area (Å²) in [6, 6.07) is 6.19. The van der Waals surface area contributed by atoms with Crippen LogP contribution in [0.5, 0.6) is 5.75 Å². The van der Waals surface area contributed by atoms with Gasteiger partial charge in [-0.05, 0) is 37.2 Å². The van der Waals surface area contributed by atoms with E-state index in [-0.39, 0.29) is 17.6 Å². The highest BCUT2D eigenvalue weighted by atomic mass is 19.4. The Bertz CT molecular complexity index is 436. The molecule has 106 valence electrons. The van der Waals surface area contributed by atoms with Crippen LogP contribution >= 0.6 is 0 Å². The van der Waals surface area contributed by atoms with E-state index in [2.05, 4.69) is 9.64 Å². The van der Waals surface area contributed by atoms with Gasteiger partial charge in [-0.2, -0.15) is 0 Å². The zero-order valence-corrected chi connectivity index (χ0v) is 10.7. The molecule has 0 bridgehead atoms. The molecule has 2 rings (SSSR count). The van der Waals surface area contributed by atoms with Crippen LogP contribution < -0.4 is 10.5 Å². The lowest BCUT2D eigenvalue weighted by Crippen LogP contribution is -2.21. The first-order chi connectivity index (χ1) is 8.89. The van der Waals surface area contributed by atoms with E-state index in [0.717, 1.165) is 18.7 Å². The molecule has 0 aromatic heterocycles. The highest BCUT2D eigenvalue weighted by Crippen LogP contribution is 2.33. The Morgan fingerprint density at radius 3 is 2.74 bits per heavy atom. The molecule has 2 N–H and O–H groups in total. The number of rotatable bonds is 3. The lowest BCUT2D eigenvalue weighted by Gasteiger charge is -2.18.